The van der Waals surface area contributed by atoms with Crippen LogP contribution in [0.1, 0.15) is 12.5 Å². The molecule has 0 aliphatic heterocycles. The standard InChI is InChI=1S/C16H18O5/c1-5-20-15-12-9-7-6-8-11(12)13(21-16(17)19-4)10(2)14(15)18-3/h6-9H,5H2,1-4H3. The van der Waals surface area contributed by atoms with Gasteiger partial charge in [-0.1, -0.05) is 24.3 Å². The molecule has 0 radical (unpaired) electrons. The zero-order valence-corrected chi connectivity index (χ0v) is 12.6. The summed E-state index contributed by atoms with van der Waals surface area (Å²) in [5.74, 6) is 1.61. The number of rotatable bonds is 4. The van der Waals surface area contributed by atoms with E-state index in [0.717, 1.165) is 10.8 Å². The molecule has 0 aliphatic rings. The van der Waals surface area contributed by atoms with E-state index >= 15 is 0 Å². The fourth-order valence-corrected chi connectivity index (χ4v) is 2.27. The maximum absolute atomic E-state index is 11.5. The van der Waals surface area contributed by atoms with E-state index in [2.05, 4.69) is 4.74 Å². The Bertz CT molecular complexity index is 663. The van der Waals surface area contributed by atoms with Crippen LogP contribution in [0.5, 0.6) is 17.2 Å². The van der Waals surface area contributed by atoms with Crippen LogP contribution in [0.25, 0.3) is 10.8 Å². The Labute approximate surface area is 123 Å². The van der Waals surface area contributed by atoms with E-state index < -0.39 is 6.16 Å². The van der Waals surface area contributed by atoms with Crippen molar-refractivity contribution in [2.75, 3.05) is 20.8 Å². The van der Waals surface area contributed by atoms with Crippen LogP contribution in [0.4, 0.5) is 4.79 Å². The van der Waals surface area contributed by atoms with E-state index in [9.17, 15) is 4.79 Å². The summed E-state index contributed by atoms with van der Waals surface area (Å²) in [6, 6.07) is 7.52. The van der Waals surface area contributed by atoms with Crippen LogP contribution >= 0.6 is 0 Å². The lowest BCUT2D eigenvalue weighted by atomic mass is 10.0. The number of hydrogen-bond donors (Lipinski definition) is 0. The Morgan fingerprint density at radius 2 is 1.67 bits per heavy atom. The van der Waals surface area contributed by atoms with Crippen LogP contribution in [-0.2, 0) is 4.74 Å². The number of carbonyl (C=O) groups excluding carboxylic acids is 1. The molecule has 0 amide bonds. The molecule has 21 heavy (non-hydrogen) atoms. The van der Waals surface area contributed by atoms with Gasteiger partial charge in [-0.3, -0.25) is 0 Å². The maximum Gasteiger partial charge on any atom is 0.513 e. The van der Waals surface area contributed by atoms with Crippen molar-refractivity contribution in [1.82, 2.24) is 0 Å². The lowest BCUT2D eigenvalue weighted by molar-refractivity contribution is 0.121. The van der Waals surface area contributed by atoms with Crippen molar-refractivity contribution in [2.24, 2.45) is 0 Å². The average Bonchev–Trinajstić information content (AvgIpc) is 2.51. The molecule has 0 atom stereocenters. The molecule has 5 heteroatoms. The van der Waals surface area contributed by atoms with E-state index in [-0.39, 0.29) is 0 Å². The van der Waals surface area contributed by atoms with Crippen LogP contribution < -0.4 is 14.2 Å². The lowest BCUT2D eigenvalue weighted by Gasteiger charge is -2.18. The number of ether oxygens (including phenoxy) is 4. The van der Waals surface area contributed by atoms with Gasteiger partial charge < -0.3 is 18.9 Å². The highest BCUT2D eigenvalue weighted by Gasteiger charge is 2.21. The highest BCUT2D eigenvalue weighted by atomic mass is 16.7. The molecule has 112 valence electrons. The zero-order chi connectivity index (χ0) is 15.4. The van der Waals surface area contributed by atoms with E-state index in [0.29, 0.717) is 29.4 Å². The summed E-state index contributed by atoms with van der Waals surface area (Å²) in [7, 11) is 2.83. The summed E-state index contributed by atoms with van der Waals surface area (Å²) >= 11 is 0. The fourth-order valence-electron chi connectivity index (χ4n) is 2.27. The van der Waals surface area contributed by atoms with Crippen molar-refractivity contribution in [3.63, 3.8) is 0 Å². The number of benzene rings is 2. The summed E-state index contributed by atoms with van der Waals surface area (Å²) in [6.07, 6.45) is -0.769. The highest BCUT2D eigenvalue weighted by Crippen LogP contribution is 2.45. The second-order valence-electron chi connectivity index (χ2n) is 4.35. The van der Waals surface area contributed by atoms with Crippen LogP contribution in [0.2, 0.25) is 0 Å². The SMILES string of the molecule is CCOc1c(OC)c(C)c(OC(=O)OC)c2ccccc12. The van der Waals surface area contributed by atoms with E-state index in [4.69, 9.17) is 14.2 Å². The first-order chi connectivity index (χ1) is 10.1. The largest absolute Gasteiger partial charge is 0.513 e. The van der Waals surface area contributed by atoms with Gasteiger partial charge in [0.15, 0.2) is 11.5 Å². The Balaban J connectivity index is 2.76. The predicted octanol–water partition coefficient (Wildman–Crippen LogP) is 3.70. The molecular weight excluding hydrogens is 272 g/mol. The molecule has 0 N–H and O–H groups in total. The summed E-state index contributed by atoms with van der Waals surface area (Å²) in [4.78, 5) is 11.5. The highest BCUT2D eigenvalue weighted by molar-refractivity contribution is 5.98. The van der Waals surface area contributed by atoms with Gasteiger partial charge in [0.1, 0.15) is 5.75 Å². The van der Waals surface area contributed by atoms with Crippen molar-refractivity contribution in [2.45, 2.75) is 13.8 Å². The molecule has 5 nitrogen and oxygen atoms in total. The third-order valence-corrected chi connectivity index (χ3v) is 3.15. The Morgan fingerprint density at radius 3 is 2.19 bits per heavy atom. The van der Waals surface area contributed by atoms with E-state index in [1.807, 2.05) is 38.1 Å². The molecule has 0 unspecified atom stereocenters. The smallest absolute Gasteiger partial charge is 0.492 e. The summed E-state index contributed by atoms with van der Waals surface area (Å²) in [6.45, 7) is 4.23. The van der Waals surface area contributed by atoms with Crippen LogP contribution in [-0.4, -0.2) is 27.0 Å². The van der Waals surface area contributed by atoms with Crippen molar-refractivity contribution < 1.29 is 23.7 Å². The van der Waals surface area contributed by atoms with Crippen molar-refractivity contribution >= 4 is 16.9 Å². The topological polar surface area (TPSA) is 54.0 Å². The Morgan fingerprint density at radius 1 is 1.05 bits per heavy atom. The van der Waals surface area contributed by atoms with Gasteiger partial charge in [-0.25, -0.2) is 4.79 Å². The minimum Gasteiger partial charge on any atom is -0.492 e. The van der Waals surface area contributed by atoms with Gasteiger partial charge in [0.2, 0.25) is 0 Å². The number of hydrogen-bond acceptors (Lipinski definition) is 5. The first-order valence-corrected chi connectivity index (χ1v) is 6.61. The molecule has 0 saturated carbocycles. The van der Waals surface area contributed by atoms with Gasteiger partial charge in [-0.15, -0.1) is 0 Å². The molecule has 0 bridgehead atoms. The summed E-state index contributed by atoms with van der Waals surface area (Å²) in [5, 5.41) is 1.59. The summed E-state index contributed by atoms with van der Waals surface area (Å²) < 4.78 is 21.0. The van der Waals surface area contributed by atoms with Crippen molar-refractivity contribution in [3.8, 4) is 17.2 Å². The lowest BCUT2D eigenvalue weighted by Crippen LogP contribution is -2.10. The second-order valence-corrected chi connectivity index (χ2v) is 4.35. The normalized spacial score (nSPS) is 10.3. The van der Waals surface area contributed by atoms with E-state index in [1.54, 1.807) is 7.11 Å². The minimum absolute atomic E-state index is 0.415. The van der Waals surface area contributed by atoms with Crippen molar-refractivity contribution in [3.05, 3.63) is 29.8 Å². The van der Waals surface area contributed by atoms with Crippen LogP contribution in [0.3, 0.4) is 0 Å². The Kier molecular flexibility index (Phi) is 4.52. The molecule has 0 aliphatic carbocycles. The van der Waals surface area contributed by atoms with Crippen LogP contribution in [0.15, 0.2) is 24.3 Å². The third kappa shape index (κ3) is 2.72. The number of methoxy groups -OCH3 is 2. The van der Waals surface area contributed by atoms with Gasteiger partial charge >= 0.3 is 6.16 Å². The molecule has 0 spiro atoms. The Hall–Kier alpha value is -2.43. The maximum atomic E-state index is 11.5. The third-order valence-electron chi connectivity index (χ3n) is 3.15. The van der Waals surface area contributed by atoms with Crippen molar-refractivity contribution in [1.29, 1.82) is 0 Å². The van der Waals surface area contributed by atoms with Gasteiger partial charge in [0.05, 0.1) is 20.8 Å². The van der Waals surface area contributed by atoms with Gasteiger partial charge in [-0.05, 0) is 13.8 Å². The number of carbonyl (C=O) groups is 1. The molecule has 0 heterocycles. The minimum atomic E-state index is -0.769. The predicted molar refractivity (Wildman–Crippen MR) is 79.4 cm³/mol. The molecule has 0 saturated heterocycles. The zero-order valence-electron chi connectivity index (χ0n) is 12.6. The molecule has 0 fully saturated rings. The van der Waals surface area contributed by atoms with Gasteiger partial charge in [-0.2, -0.15) is 0 Å². The number of fused-ring (bicyclic) bond motifs is 1. The average molecular weight is 290 g/mol. The van der Waals surface area contributed by atoms with Crippen LogP contribution in [0, 0.1) is 6.92 Å². The second kappa shape index (κ2) is 6.35. The fraction of sp³-hybridized carbons (Fsp3) is 0.312. The molecule has 2 aromatic carbocycles. The first kappa shape index (κ1) is 15.0. The molecular formula is C16H18O5. The van der Waals surface area contributed by atoms with E-state index in [1.165, 1.54) is 7.11 Å². The quantitative estimate of drug-likeness (QED) is 0.634. The first-order valence-electron chi connectivity index (χ1n) is 6.61. The summed E-state index contributed by atoms with van der Waals surface area (Å²) in [5.41, 5.74) is 0.685. The molecule has 0 aromatic heterocycles. The molecule has 2 rings (SSSR count). The van der Waals surface area contributed by atoms with Gasteiger partial charge in [0, 0.05) is 16.3 Å². The van der Waals surface area contributed by atoms with Gasteiger partial charge in [0.25, 0.3) is 0 Å². The molecule has 2 aromatic rings. The monoisotopic (exact) mass is 290 g/mol.